The van der Waals surface area contributed by atoms with Crippen molar-refractivity contribution in [1.82, 2.24) is 0 Å². The molecule has 0 amide bonds. The van der Waals surface area contributed by atoms with Gasteiger partial charge in [-0.1, -0.05) is 20.8 Å². The SMILES string of the molecule is CCC(SCC(C)S)SCC(C)S. The fourth-order valence-corrected chi connectivity index (χ4v) is 3.61. The first-order valence-electron chi connectivity index (χ1n) is 4.65. The average molecular weight is 257 g/mol. The highest BCUT2D eigenvalue weighted by Crippen LogP contribution is 2.28. The Morgan fingerprint density at radius 1 is 1.00 bits per heavy atom. The fourth-order valence-electron chi connectivity index (χ4n) is 0.777. The molecule has 0 nitrogen and oxygen atoms in total. The maximum Gasteiger partial charge on any atom is 0.0500 e. The van der Waals surface area contributed by atoms with Gasteiger partial charge in [-0.2, -0.15) is 25.3 Å². The molecular formula is C9H20S4. The van der Waals surface area contributed by atoms with Crippen LogP contribution in [0, 0.1) is 0 Å². The molecule has 0 saturated carbocycles. The van der Waals surface area contributed by atoms with Gasteiger partial charge in [0.1, 0.15) is 0 Å². The lowest BCUT2D eigenvalue weighted by atomic mass is 10.5. The number of thioether (sulfide) groups is 2. The Bertz CT molecular complexity index is 102. The van der Waals surface area contributed by atoms with Gasteiger partial charge in [0.05, 0.1) is 4.58 Å². The normalized spacial score (nSPS) is 18.2. The molecule has 0 saturated heterocycles. The molecule has 4 heteroatoms. The van der Waals surface area contributed by atoms with E-state index in [1.165, 1.54) is 6.42 Å². The van der Waals surface area contributed by atoms with Gasteiger partial charge in [0.25, 0.3) is 0 Å². The molecule has 0 spiro atoms. The van der Waals surface area contributed by atoms with Crippen LogP contribution in [0.4, 0.5) is 0 Å². The van der Waals surface area contributed by atoms with Crippen LogP contribution >= 0.6 is 48.8 Å². The molecular weight excluding hydrogens is 236 g/mol. The molecule has 0 aromatic heterocycles. The van der Waals surface area contributed by atoms with Crippen molar-refractivity contribution >= 4 is 48.8 Å². The van der Waals surface area contributed by atoms with E-state index in [2.05, 4.69) is 46.0 Å². The Balaban J connectivity index is 3.51. The fraction of sp³-hybridized carbons (Fsp3) is 1.00. The minimum absolute atomic E-state index is 0.507. The third kappa shape index (κ3) is 9.70. The summed E-state index contributed by atoms with van der Waals surface area (Å²) >= 11 is 12.8. The quantitative estimate of drug-likeness (QED) is 0.525. The lowest BCUT2D eigenvalue weighted by Crippen LogP contribution is -2.05. The maximum absolute atomic E-state index is 4.38. The molecule has 0 aliphatic carbocycles. The predicted molar refractivity (Wildman–Crippen MR) is 75.9 cm³/mol. The van der Waals surface area contributed by atoms with Crippen molar-refractivity contribution in [3.8, 4) is 0 Å². The van der Waals surface area contributed by atoms with Crippen LogP contribution in [0.3, 0.4) is 0 Å². The summed E-state index contributed by atoms with van der Waals surface area (Å²) in [4.78, 5) is 0. The van der Waals surface area contributed by atoms with Crippen molar-refractivity contribution in [2.45, 2.75) is 42.3 Å². The number of rotatable bonds is 7. The summed E-state index contributed by atoms with van der Waals surface area (Å²) in [6.45, 7) is 6.54. The van der Waals surface area contributed by atoms with E-state index in [1.807, 2.05) is 23.5 Å². The van der Waals surface area contributed by atoms with Crippen LogP contribution in [0.2, 0.25) is 0 Å². The highest BCUT2D eigenvalue weighted by molar-refractivity contribution is 8.17. The lowest BCUT2D eigenvalue weighted by Gasteiger charge is -2.16. The Labute approximate surface area is 102 Å². The summed E-state index contributed by atoms with van der Waals surface area (Å²) in [5.74, 6) is 2.30. The molecule has 0 bridgehead atoms. The van der Waals surface area contributed by atoms with Gasteiger partial charge in [-0.25, -0.2) is 0 Å². The minimum Gasteiger partial charge on any atom is -0.175 e. The predicted octanol–water partition coefficient (Wildman–Crippen LogP) is 3.83. The van der Waals surface area contributed by atoms with Gasteiger partial charge >= 0.3 is 0 Å². The zero-order chi connectivity index (χ0) is 10.3. The highest BCUT2D eigenvalue weighted by atomic mass is 32.2. The third-order valence-electron chi connectivity index (χ3n) is 1.38. The van der Waals surface area contributed by atoms with Crippen LogP contribution in [0.1, 0.15) is 27.2 Å². The monoisotopic (exact) mass is 256 g/mol. The van der Waals surface area contributed by atoms with Crippen molar-refractivity contribution in [1.29, 1.82) is 0 Å². The second-order valence-corrected chi connectivity index (χ2v) is 7.74. The van der Waals surface area contributed by atoms with Crippen LogP contribution in [-0.2, 0) is 0 Å². The molecule has 0 aliphatic heterocycles. The molecule has 80 valence electrons. The smallest absolute Gasteiger partial charge is 0.0500 e. The largest absolute Gasteiger partial charge is 0.175 e. The van der Waals surface area contributed by atoms with E-state index in [1.54, 1.807) is 0 Å². The molecule has 13 heavy (non-hydrogen) atoms. The zero-order valence-corrected chi connectivity index (χ0v) is 12.0. The Hall–Kier alpha value is 1.40. The van der Waals surface area contributed by atoms with Crippen molar-refractivity contribution in [3.05, 3.63) is 0 Å². The van der Waals surface area contributed by atoms with Gasteiger partial charge in [-0.15, -0.1) is 23.5 Å². The van der Waals surface area contributed by atoms with Gasteiger partial charge in [0.2, 0.25) is 0 Å². The molecule has 0 radical (unpaired) electrons. The first kappa shape index (κ1) is 14.4. The minimum atomic E-state index is 0.507. The van der Waals surface area contributed by atoms with Crippen molar-refractivity contribution < 1.29 is 0 Å². The second kappa shape index (κ2) is 8.69. The molecule has 2 atom stereocenters. The third-order valence-corrected chi connectivity index (χ3v) is 5.85. The topological polar surface area (TPSA) is 0 Å². The summed E-state index contributed by atoms with van der Waals surface area (Å²) in [6, 6.07) is 0. The second-order valence-electron chi connectivity index (χ2n) is 3.20. The lowest BCUT2D eigenvalue weighted by molar-refractivity contribution is 1.04. The summed E-state index contributed by atoms with van der Waals surface area (Å²) in [5, 5.41) is 1.01. The number of hydrogen-bond acceptors (Lipinski definition) is 4. The van der Waals surface area contributed by atoms with Gasteiger partial charge in [0.15, 0.2) is 0 Å². The molecule has 2 unspecified atom stereocenters. The number of thiol groups is 2. The Kier molecular flexibility index (Phi) is 9.62. The van der Waals surface area contributed by atoms with Crippen molar-refractivity contribution in [2.75, 3.05) is 11.5 Å². The highest BCUT2D eigenvalue weighted by Gasteiger charge is 2.09. The first-order valence-corrected chi connectivity index (χ1v) is 7.78. The number of hydrogen-bond donors (Lipinski definition) is 2. The maximum atomic E-state index is 4.38. The van der Waals surface area contributed by atoms with Crippen LogP contribution in [0.15, 0.2) is 0 Å². The summed E-state index contributed by atoms with van der Waals surface area (Å²) < 4.78 is 0.726. The van der Waals surface area contributed by atoms with E-state index in [9.17, 15) is 0 Å². The summed E-state index contributed by atoms with van der Waals surface area (Å²) in [5.41, 5.74) is 0. The average Bonchev–Trinajstić information content (AvgIpc) is 2.04. The van der Waals surface area contributed by atoms with Crippen LogP contribution in [-0.4, -0.2) is 26.6 Å². The zero-order valence-electron chi connectivity index (χ0n) is 8.56. The molecule has 0 heterocycles. The van der Waals surface area contributed by atoms with E-state index in [0.717, 1.165) is 16.1 Å². The van der Waals surface area contributed by atoms with E-state index in [4.69, 9.17) is 0 Å². The molecule has 0 aromatic carbocycles. The summed E-state index contributed by atoms with van der Waals surface area (Å²) in [7, 11) is 0. The van der Waals surface area contributed by atoms with E-state index >= 15 is 0 Å². The van der Waals surface area contributed by atoms with Crippen LogP contribution in [0.25, 0.3) is 0 Å². The molecule has 0 aliphatic rings. The van der Waals surface area contributed by atoms with E-state index < -0.39 is 0 Å². The van der Waals surface area contributed by atoms with Gasteiger partial charge in [0, 0.05) is 22.0 Å². The first-order chi connectivity index (χ1) is 6.06. The Morgan fingerprint density at radius 2 is 1.38 bits per heavy atom. The van der Waals surface area contributed by atoms with Gasteiger partial charge in [-0.05, 0) is 6.42 Å². The summed E-state index contributed by atoms with van der Waals surface area (Å²) in [6.07, 6.45) is 1.23. The van der Waals surface area contributed by atoms with Crippen molar-refractivity contribution in [3.63, 3.8) is 0 Å². The molecule has 0 fully saturated rings. The molecule has 0 rings (SSSR count). The van der Waals surface area contributed by atoms with E-state index in [-0.39, 0.29) is 0 Å². The standard InChI is InChI=1S/C9H20S4/c1-4-9(12-5-7(2)10)13-6-8(3)11/h7-11H,4-6H2,1-3H3. The van der Waals surface area contributed by atoms with Crippen LogP contribution < -0.4 is 0 Å². The van der Waals surface area contributed by atoms with Gasteiger partial charge in [-0.3, -0.25) is 0 Å². The van der Waals surface area contributed by atoms with Crippen LogP contribution in [0.5, 0.6) is 0 Å². The van der Waals surface area contributed by atoms with Crippen molar-refractivity contribution in [2.24, 2.45) is 0 Å². The Morgan fingerprint density at radius 3 is 1.62 bits per heavy atom. The van der Waals surface area contributed by atoms with E-state index in [0.29, 0.717) is 10.5 Å². The molecule has 0 aromatic rings. The molecule has 0 N–H and O–H groups in total. The van der Waals surface area contributed by atoms with Gasteiger partial charge < -0.3 is 0 Å².